The van der Waals surface area contributed by atoms with Crippen molar-refractivity contribution in [3.8, 4) is 0 Å². The van der Waals surface area contributed by atoms with Gasteiger partial charge in [0.15, 0.2) is 0 Å². The predicted octanol–water partition coefficient (Wildman–Crippen LogP) is -0.618. The third-order valence-electron chi connectivity index (χ3n) is 2.68. The van der Waals surface area contributed by atoms with Crippen LogP contribution in [0.25, 0.3) is 0 Å². The molecule has 5 heteroatoms. The highest BCUT2D eigenvalue weighted by atomic mass is 32.2. The fraction of sp³-hybridized carbons (Fsp3) is 1.00. The first kappa shape index (κ1) is 8.47. The molecule has 12 heavy (non-hydrogen) atoms. The molecule has 2 bridgehead atoms. The molecule has 0 spiro atoms. The number of nitrogens with zero attached hydrogens (tertiary/aromatic N) is 1. The Labute approximate surface area is 73.0 Å². The van der Waals surface area contributed by atoms with E-state index in [9.17, 15) is 8.42 Å². The number of piperazine rings is 1. The minimum absolute atomic E-state index is 0.131. The van der Waals surface area contributed by atoms with Gasteiger partial charge in [0.25, 0.3) is 0 Å². The molecule has 0 aromatic heterocycles. The number of fused-ring (bicyclic) bond motifs is 2. The summed E-state index contributed by atoms with van der Waals surface area (Å²) in [7, 11) is -2.91. The van der Waals surface area contributed by atoms with E-state index in [1.54, 1.807) is 4.31 Å². The fourth-order valence-electron chi connectivity index (χ4n) is 1.89. The van der Waals surface area contributed by atoms with Crippen LogP contribution in [0.5, 0.6) is 0 Å². The highest BCUT2D eigenvalue weighted by molar-refractivity contribution is 7.89. The molecule has 2 aliphatic rings. The monoisotopic (exact) mass is 190 g/mol. The quantitative estimate of drug-likeness (QED) is 0.554. The second-order valence-corrected chi connectivity index (χ2v) is 5.67. The van der Waals surface area contributed by atoms with E-state index in [0.29, 0.717) is 18.3 Å². The van der Waals surface area contributed by atoms with Gasteiger partial charge >= 0.3 is 0 Å². The van der Waals surface area contributed by atoms with Crippen LogP contribution in [0.1, 0.15) is 13.3 Å². The van der Waals surface area contributed by atoms with Crippen LogP contribution in [0.3, 0.4) is 0 Å². The van der Waals surface area contributed by atoms with Crippen molar-refractivity contribution in [2.45, 2.75) is 25.4 Å². The second-order valence-electron chi connectivity index (χ2n) is 3.63. The van der Waals surface area contributed by atoms with Gasteiger partial charge in [-0.2, -0.15) is 4.31 Å². The molecule has 0 aliphatic carbocycles. The average molecular weight is 190 g/mol. The Balaban J connectivity index is 2.26. The maximum atomic E-state index is 11.5. The SMILES string of the molecule is CC1CNC2CCS(=O)(=O)N1C2. The number of hydrogen-bond donors (Lipinski definition) is 1. The van der Waals surface area contributed by atoms with Crippen LogP contribution in [-0.4, -0.2) is 43.6 Å². The molecule has 3 atom stereocenters. The second kappa shape index (κ2) is 2.68. The zero-order chi connectivity index (χ0) is 8.77. The van der Waals surface area contributed by atoms with Gasteiger partial charge in [-0.1, -0.05) is 0 Å². The summed E-state index contributed by atoms with van der Waals surface area (Å²) in [4.78, 5) is 0. The topological polar surface area (TPSA) is 49.4 Å². The van der Waals surface area contributed by atoms with E-state index in [1.807, 2.05) is 6.92 Å². The normalized spacial score (nSPS) is 45.6. The maximum absolute atomic E-state index is 11.5. The van der Waals surface area contributed by atoms with Gasteiger partial charge in [-0.25, -0.2) is 8.42 Å². The Morgan fingerprint density at radius 3 is 2.92 bits per heavy atom. The highest BCUT2D eigenvalue weighted by Crippen LogP contribution is 2.20. The first-order valence-electron chi connectivity index (χ1n) is 4.32. The third-order valence-corrected chi connectivity index (χ3v) is 4.65. The van der Waals surface area contributed by atoms with Crippen molar-refractivity contribution >= 4 is 10.0 Å². The minimum Gasteiger partial charge on any atom is -0.311 e. The van der Waals surface area contributed by atoms with Crippen molar-refractivity contribution in [2.75, 3.05) is 18.8 Å². The third kappa shape index (κ3) is 1.26. The molecule has 0 saturated carbocycles. The Morgan fingerprint density at radius 2 is 2.25 bits per heavy atom. The Hall–Kier alpha value is -0.130. The minimum atomic E-state index is -2.91. The van der Waals surface area contributed by atoms with E-state index < -0.39 is 10.0 Å². The summed E-state index contributed by atoms with van der Waals surface area (Å²) in [6, 6.07) is 0.524. The molecule has 3 unspecified atom stereocenters. The lowest BCUT2D eigenvalue weighted by molar-refractivity contribution is 0.217. The van der Waals surface area contributed by atoms with Gasteiger partial charge in [0, 0.05) is 25.2 Å². The van der Waals surface area contributed by atoms with E-state index in [0.717, 1.165) is 13.0 Å². The molecule has 0 aromatic rings. The molecule has 1 N–H and O–H groups in total. The van der Waals surface area contributed by atoms with Crippen LogP contribution in [0.2, 0.25) is 0 Å². The number of rotatable bonds is 0. The van der Waals surface area contributed by atoms with Crippen LogP contribution in [0.15, 0.2) is 0 Å². The van der Waals surface area contributed by atoms with Crippen LogP contribution < -0.4 is 5.32 Å². The van der Waals surface area contributed by atoms with Crippen LogP contribution >= 0.6 is 0 Å². The van der Waals surface area contributed by atoms with Gasteiger partial charge in [-0.3, -0.25) is 0 Å². The molecule has 2 rings (SSSR count). The number of hydrogen-bond acceptors (Lipinski definition) is 3. The Kier molecular flexibility index (Phi) is 1.89. The summed E-state index contributed by atoms with van der Waals surface area (Å²) in [6.45, 7) is 3.42. The lowest BCUT2D eigenvalue weighted by Gasteiger charge is -2.41. The molecule has 2 heterocycles. The average Bonchev–Trinajstić information content (AvgIpc) is 2.02. The maximum Gasteiger partial charge on any atom is 0.214 e. The summed E-state index contributed by atoms with van der Waals surface area (Å²) >= 11 is 0. The number of nitrogens with one attached hydrogen (secondary N) is 1. The van der Waals surface area contributed by atoms with E-state index >= 15 is 0 Å². The van der Waals surface area contributed by atoms with Crippen LogP contribution in [-0.2, 0) is 10.0 Å². The summed E-state index contributed by atoms with van der Waals surface area (Å²) in [5, 5.41) is 3.33. The molecule has 0 amide bonds. The number of sulfonamides is 1. The van der Waals surface area contributed by atoms with Gasteiger partial charge in [-0.15, -0.1) is 0 Å². The lowest BCUT2D eigenvalue weighted by Crippen LogP contribution is -2.61. The summed E-state index contributed by atoms with van der Waals surface area (Å²) in [6.07, 6.45) is 0.769. The Bertz CT molecular complexity index is 275. The predicted molar refractivity (Wildman–Crippen MR) is 46.4 cm³/mol. The van der Waals surface area contributed by atoms with Crippen molar-refractivity contribution in [1.82, 2.24) is 9.62 Å². The van der Waals surface area contributed by atoms with E-state index in [2.05, 4.69) is 5.32 Å². The first-order valence-corrected chi connectivity index (χ1v) is 5.93. The zero-order valence-electron chi connectivity index (χ0n) is 7.16. The first-order chi connectivity index (χ1) is 5.59. The fourth-order valence-corrected chi connectivity index (χ4v) is 3.74. The molecule has 0 aromatic carbocycles. The van der Waals surface area contributed by atoms with Crippen molar-refractivity contribution < 1.29 is 8.42 Å². The Morgan fingerprint density at radius 1 is 1.50 bits per heavy atom. The summed E-state index contributed by atoms with van der Waals surface area (Å²) in [5.74, 6) is 0.314. The molecular formula is C7H14N2O2S. The van der Waals surface area contributed by atoms with E-state index in [1.165, 1.54) is 0 Å². The molecular weight excluding hydrogens is 176 g/mol. The molecule has 70 valence electrons. The van der Waals surface area contributed by atoms with Crippen LogP contribution in [0, 0.1) is 0 Å². The van der Waals surface area contributed by atoms with Crippen LogP contribution in [0.4, 0.5) is 0 Å². The molecule has 0 radical (unpaired) electrons. The molecule has 4 nitrogen and oxygen atoms in total. The van der Waals surface area contributed by atoms with Gasteiger partial charge in [0.2, 0.25) is 10.0 Å². The summed E-state index contributed by atoms with van der Waals surface area (Å²) in [5.41, 5.74) is 0. The standard InChI is InChI=1S/C7H14N2O2S/c1-6-4-8-7-2-3-12(10,11)9(6)5-7/h6-8H,2-5H2,1H3. The largest absolute Gasteiger partial charge is 0.311 e. The molecule has 2 aliphatic heterocycles. The zero-order valence-corrected chi connectivity index (χ0v) is 7.97. The van der Waals surface area contributed by atoms with Crippen molar-refractivity contribution in [3.63, 3.8) is 0 Å². The lowest BCUT2D eigenvalue weighted by atomic mass is 10.1. The smallest absolute Gasteiger partial charge is 0.214 e. The van der Waals surface area contributed by atoms with E-state index in [4.69, 9.17) is 0 Å². The van der Waals surface area contributed by atoms with Gasteiger partial charge in [-0.05, 0) is 13.3 Å². The van der Waals surface area contributed by atoms with E-state index in [-0.39, 0.29) is 6.04 Å². The summed E-state index contributed by atoms with van der Waals surface area (Å²) < 4.78 is 24.6. The van der Waals surface area contributed by atoms with Gasteiger partial charge in [0.05, 0.1) is 5.75 Å². The van der Waals surface area contributed by atoms with Gasteiger partial charge < -0.3 is 5.32 Å². The molecule has 2 fully saturated rings. The highest BCUT2D eigenvalue weighted by Gasteiger charge is 2.37. The van der Waals surface area contributed by atoms with Crippen molar-refractivity contribution in [1.29, 1.82) is 0 Å². The van der Waals surface area contributed by atoms with Gasteiger partial charge in [0.1, 0.15) is 0 Å². The molecule has 2 saturated heterocycles. The van der Waals surface area contributed by atoms with Crippen molar-refractivity contribution in [2.24, 2.45) is 0 Å². The van der Waals surface area contributed by atoms with Crippen molar-refractivity contribution in [3.05, 3.63) is 0 Å².